The standard InChI is InChI=1S/C11H17NO5/c1-4-5-9(11(14)16-3)12-10(13)8-17-7-6-15-2/h1,9H,5-8H2,2-3H3,(H,12,13)/t9-/m1/s1. The molecule has 0 aromatic carbocycles. The van der Waals surface area contributed by atoms with Gasteiger partial charge in [-0.2, -0.15) is 0 Å². The van der Waals surface area contributed by atoms with Crippen molar-refractivity contribution in [1.29, 1.82) is 0 Å². The van der Waals surface area contributed by atoms with Gasteiger partial charge in [0.1, 0.15) is 12.6 Å². The molecule has 0 unspecified atom stereocenters. The van der Waals surface area contributed by atoms with Gasteiger partial charge in [0, 0.05) is 13.5 Å². The van der Waals surface area contributed by atoms with Gasteiger partial charge in [-0.1, -0.05) is 0 Å². The highest BCUT2D eigenvalue weighted by Crippen LogP contribution is 1.94. The highest BCUT2D eigenvalue weighted by Gasteiger charge is 2.20. The first-order valence-corrected chi connectivity index (χ1v) is 5.03. The minimum absolute atomic E-state index is 0.0798. The fourth-order valence-corrected chi connectivity index (χ4v) is 0.997. The maximum absolute atomic E-state index is 11.4. The molecule has 1 amide bonds. The molecule has 17 heavy (non-hydrogen) atoms. The van der Waals surface area contributed by atoms with Crippen LogP contribution in [0.4, 0.5) is 0 Å². The van der Waals surface area contributed by atoms with Crippen LogP contribution in [0, 0.1) is 12.3 Å². The number of hydrogen-bond acceptors (Lipinski definition) is 5. The number of methoxy groups -OCH3 is 2. The summed E-state index contributed by atoms with van der Waals surface area (Å²) in [6, 6.07) is -0.830. The van der Waals surface area contributed by atoms with E-state index in [4.69, 9.17) is 15.9 Å². The molecular weight excluding hydrogens is 226 g/mol. The first-order valence-electron chi connectivity index (χ1n) is 5.03. The first kappa shape index (κ1) is 15.4. The third kappa shape index (κ3) is 7.33. The predicted molar refractivity (Wildman–Crippen MR) is 60.1 cm³/mol. The van der Waals surface area contributed by atoms with Crippen molar-refractivity contribution >= 4 is 11.9 Å². The minimum atomic E-state index is -0.830. The molecule has 0 rings (SSSR count). The highest BCUT2D eigenvalue weighted by molar-refractivity contribution is 5.85. The van der Waals surface area contributed by atoms with Crippen molar-refractivity contribution in [1.82, 2.24) is 5.32 Å². The van der Waals surface area contributed by atoms with Gasteiger partial charge in [0.2, 0.25) is 5.91 Å². The molecule has 6 nitrogen and oxygen atoms in total. The summed E-state index contributed by atoms with van der Waals surface area (Å²) in [6.45, 7) is 0.557. The molecule has 1 atom stereocenters. The SMILES string of the molecule is C#CC[C@@H](NC(=O)COCCOC)C(=O)OC. The Balaban J connectivity index is 3.96. The molecule has 0 fully saturated rings. The molecule has 6 heteroatoms. The zero-order valence-electron chi connectivity index (χ0n) is 10.0. The summed E-state index contributed by atoms with van der Waals surface area (Å²) in [5, 5.41) is 2.42. The van der Waals surface area contributed by atoms with Crippen molar-refractivity contribution in [3.05, 3.63) is 0 Å². The molecule has 0 aromatic heterocycles. The Bertz CT molecular complexity index is 284. The molecule has 0 heterocycles. The van der Waals surface area contributed by atoms with Crippen LogP contribution < -0.4 is 5.32 Å². The third-order valence-electron chi connectivity index (χ3n) is 1.81. The van der Waals surface area contributed by atoms with Crippen LogP contribution in [0.3, 0.4) is 0 Å². The molecule has 0 aromatic rings. The molecule has 0 radical (unpaired) electrons. The Labute approximate surface area is 101 Å². The molecule has 0 bridgehead atoms. The number of nitrogens with one attached hydrogen (secondary N) is 1. The van der Waals surface area contributed by atoms with Crippen LogP contribution in [0.2, 0.25) is 0 Å². The Morgan fingerprint density at radius 1 is 1.35 bits per heavy atom. The quantitative estimate of drug-likeness (QED) is 0.348. The molecular formula is C11H17NO5. The Hall–Kier alpha value is -1.58. The second kappa shape index (κ2) is 9.63. The van der Waals surface area contributed by atoms with Crippen LogP contribution >= 0.6 is 0 Å². The van der Waals surface area contributed by atoms with E-state index in [1.54, 1.807) is 0 Å². The smallest absolute Gasteiger partial charge is 0.329 e. The third-order valence-corrected chi connectivity index (χ3v) is 1.81. The second-order valence-corrected chi connectivity index (χ2v) is 3.10. The van der Waals surface area contributed by atoms with Gasteiger partial charge in [0.05, 0.1) is 20.3 Å². The van der Waals surface area contributed by atoms with E-state index in [0.29, 0.717) is 13.2 Å². The normalized spacial score (nSPS) is 11.4. The largest absolute Gasteiger partial charge is 0.467 e. The lowest BCUT2D eigenvalue weighted by atomic mass is 10.2. The van der Waals surface area contributed by atoms with Crippen molar-refractivity contribution in [3.8, 4) is 12.3 Å². The van der Waals surface area contributed by atoms with Gasteiger partial charge < -0.3 is 19.5 Å². The van der Waals surface area contributed by atoms with E-state index in [9.17, 15) is 9.59 Å². The Morgan fingerprint density at radius 2 is 2.06 bits per heavy atom. The van der Waals surface area contributed by atoms with E-state index in [2.05, 4.69) is 16.0 Å². The van der Waals surface area contributed by atoms with Crippen LogP contribution in [0.5, 0.6) is 0 Å². The molecule has 1 N–H and O–H groups in total. The number of ether oxygens (including phenoxy) is 3. The van der Waals surface area contributed by atoms with Gasteiger partial charge in [-0.15, -0.1) is 12.3 Å². The van der Waals surface area contributed by atoms with Gasteiger partial charge in [-0.25, -0.2) is 4.79 Å². The van der Waals surface area contributed by atoms with E-state index in [1.807, 2.05) is 0 Å². The lowest BCUT2D eigenvalue weighted by Gasteiger charge is -2.13. The van der Waals surface area contributed by atoms with Gasteiger partial charge in [-0.3, -0.25) is 4.79 Å². The van der Waals surface area contributed by atoms with Crippen molar-refractivity contribution < 1.29 is 23.8 Å². The summed E-state index contributed by atoms with van der Waals surface area (Å²) in [5.41, 5.74) is 0. The molecule has 96 valence electrons. The summed E-state index contributed by atoms with van der Waals surface area (Å²) in [6.07, 6.45) is 5.16. The topological polar surface area (TPSA) is 73.9 Å². The van der Waals surface area contributed by atoms with E-state index in [1.165, 1.54) is 14.2 Å². The van der Waals surface area contributed by atoms with Gasteiger partial charge >= 0.3 is 5.97 Å². The fourth-order valence-electron chi connectivity index (χ4n) is 0.997. The first-order chi connectivity index (χ1) is 8.15. The van der Waals surface area contributed by atoms with Crippen LogP contribution in [0.25, 0.3) is 0 Å². The van der Waals surface area contributed by atoms with Gasteiger partial charge in [0.25, 0.3) is 0 Å². The number of terminal acetylenes is 1. The van der Waals surface area contributed by atoms with Gasteiger partial charge in [-0.05, 0) is 0 Å². The van der Waals surface area contributed by atoms with Crippen molar-refractivity contribution in [3.63, 3.8) is 0 Å². The molecule has 0 saturated heterocycles. The number of hydrogen-bond donors (Lipinski definition) is 1. The lowest BCUT2D eigenvalue weighted by molar-refractivity contribution is -0.145. The molecule has 0 spiro atoms. The monoisotopic (exact) mass is 243 g/mol. The molecule has 0 aliphatic carbocycles. The summed E-state index contributed by atoms with van der Waals surface area (Å²) < 4.78 is 14.2. The van der Waals surface area contributed by atoms with Crippen molar-refractivity contribution in [2.75, 3.05) is 34.0 Å². The lowest BCUT2D eigenvalue weighted by Crippen LogP contribution is -2.43. The maximum Gasteiger partial charge on any atom is 0.329 e. The zero-order chi connectivity index (χ0) is 13.1. The zero-order valence-corrected chi connectivity index (χ0v) is 10.0. The summed E-state index contributed by atoms with van der Waals surface area (Å²) >= 11 is 0. The van der Waals surface area contributed by atoms with Crippen LogP contribution in [0.15, 0.2) is 0 Å². The number of carbonyl (C=O) groups is 2. The van der Waals surface area contributed by atoms with Gasteiger partial charge in [0.15, 0.2) is 0 Å². The predicted octanol–water partition coefficient (Wildman–Crippen LogP) is -0.669. The minimum Gasteiger partial charge on any atom is -0.467 e. The number of esters is 1. The van der Waals surface area contributed by atoms with E-state index in [-0.39, 0.29) is 13.0 Å². The number of rotatable bonds is 8. The molecule has 0 aliphatic rings. The van der Waals surface area contributed by atoms with Crippen LogP contribution in [-0.4, -0.2) is 52.0 Å². The molecule has 0 aliphatic heterocycles. The Morgan fingerprint density at radius 3 is 2.59 bits per heavy atom. The van der Waals surface area contributed by atoms with Crippen LogP contribution in [0.1, 0.15) is 6.42 Å². The van der Waals surface area contributed by atoms with E-state index in [0.717, 1.165) is 0 Å². The maximum atomic E-state index is 11.4. The van der Waals surface area contributed by atoms with Crippen LogP contribution in [-0.2, 0) is 23.8 Å². The average Bonchev–Trinajstić information content (AvgIpc) is 2.33. The highest BCUT2D eigenvalue weighted by atomic mass is 16.5. The number of amides is 1. The summed E-state index contributed by atoms with van der Waals surface area (Å²) in [7, 11) is 2.76. The fraction of sp³-hybridized carbons (Fsp3) is 0.636. The average molecular weight is 243 g/mol. The molecule has 0 saturated carbocycles. The van der Waals surface area contributed by atoms with E-state index < -0.39 is 17.9 Å². The van der Waals surface area contributed by atoms with E-state index >= 15 is 0 Å². The summed E-state index contributed by atoms with van der Waals surface area (Å²) in [4.78, 5) is 22.6. The Kier molecular flexibility index (Phi) is 8.74. The number of carbonyl (C=O) groups excluding carboxylic acids is 2. The second-order valence-electron chi connectivity index (χ2n) is 3.10. The van der Waals surface area contributed by atoms with Crippen molar-refractivity contribution in [2.24, 2.45) is 0 Å². The summed E-state index contributed by atoms with van der Waals surface area (Å²) in [5.74, 6) is 1.29. The van der Waals surface area contributed by atoms with Crippen molar-refractivity contribution in [2.45, 2.75) is 12.5 Å².